The van der Waals surface area contributed by atoms with E-state index in [-0.39, 0.29) is 11.8 Å². The lowest BCUT2D eigenvalue weighted by Crippen LogP contribution is -2.40. The van der Waals surface area contributed by atoms with Gasteiger partial charge in [0.2, 0.25) is 11.9 Å². The molecule has 9 heteroatoms. The number of thioether (sulfide) groups is 1. The van der Waals surface area contributed by atoms with Crippen LogP contribution in [0.15, 0.2) is 11.3 Å². The molecule has 130 valence electrons. The van der Waals surface area contributed by atoms with E-state index >= 15 is 0 Å². The van der Waals surface area contributed by atoms with E-state index in [1.54, 1.807) is 18.1 Å². The lowest BCUT2D eigenvalue weighted by atomic mass is 10.4. The van der Waals surface area contributed by atoms with Gasteiger partial charge in [0.15, 0.2) is 6.19 Å². The normalized spacial score (nSPS) is 14.1. The Morgan fingerprint density at radius 2 is 2.29 bits per heavy atom. The van der Waals surface area contributed by atoms with Gasteiger partial charge in [-0.25, -0.2) is 4.98 Å². The summed E-state index contributed by atoms with van der Waals surface area (Å²) in [6, 6.07) is 0. The molecule has 1 fully saturated rings. The molecule has 1 aromatic rings. The first-order valence-electron chi connectivity index (χ1n) is 7.98. The van der Waals surface area contributed by atoms with Crippen molar-refractivity contribution in [3.05, 3.63) is 17.7 Å². The number of imidazole rings is 1. The van der Waals surface area contributed by atoms with Gasteiger partial charge in [0, 0.05) is 36.2 Å². The number of hydrogen-bond acceptors (Lipinski definition) is 5. The minimum absolute atomic E-state index is 0.119. The molecule has 0 radical (unpaired) electrons. The molecule has 0 aliphatic heterocycles. The Bertz CT molecular complexity index is 603. The molecule has 0 spiro atoms. The van der Waals surface area contributed by atoms with Crippen molar-refractivity contribution in [3.63, 3.8) is 0 Å². The molecular weight excluding hydrogens is 326 g/mol. The zero-order valence-corrected chi connectivity index (χ0v) is 14.6. The molecule has 1 saturated carbocycles. The molecule has 24 heavy (non-hydrogen) atoms. The highest BCUT2D eigenvalue weighted by atomic mass is 32.2. The average molecular weight is 349 g/mol. The fourth-order valence-electron chi connectivity index (χ4n) is 1.97. The van der Waals surface area contributed by atoms with Gasteiger partial charge in [0.05, 0.1) is 18.6 Å². The van der Waals surface area contributed by atoms with Crippen molar-refractivity contribution in [2.45, 2.75) is 25.5 Å². The van der Waals surface area contributed by atoms with Gasteiger partial charge in [0.1, 0.15) is 0 Å². The van der Waals surface area contributed by atoms with Crippen molar-refractivity contribution in [2.75, 3.05) is 25.4 Å². The summed E-state index contributed by atoms with van der Waals surface area (Å²) in [5, 5.41) is 17.2. The van der Waals surface area contributed by atoms with Crippen molar-refractivity contribution >= 4 is 23.6 Å². The molecular formula is C15H23N7OS. The molecule has 0 aromatic carbocycles. The van der Waals surface area contributed by atoms with Gasteiger partial charge >= 0.3 is 0 Å². The van der Waals surface area contributed by atoms with Crippen LogP contribution in [0, 0.1) is 24.3 Å². The highest BCUT2D eigenvalue weighted by molar-refractivity contribution is 7.98. The molecule has 0 unspecified atom stereocenters. The Morgan fingerprint density at radius 1 is 1.50 bits per heavy atom. The number of aromatic nitrogens is 2. The number of aromatic amines is 1. The molecule has 0 saturated heterocycles. The second-order valence-electron chi connectivity index (χ2n) is 5.49. The number of H-pyrrole nitrogens is 1. The number of hydrogen-bond donors (Lipinski definition) is 4. The number of nitriles is 1. The van der Waals surface area contributed by atoms with Crippen LogP contribution < -0.4 is 16.0 Å². The quantitative estimate of drug-likeness (QED) is 0.169. The minimum atomic E-state index is 0.119. The van der Waals surface area contributed by atoms with Crippen molar-refractivity contribution in [1.82, 2.24) is 25.9 Å². The monoisotopic (exact) mass is 349 g/mol. The van der Waals surface area contributed by atoms with E-state index in [2.05, 4.69) is 30.9 Å². The largest absolute Gasteiger partial charge is 0.354 e. The second-order valence-corrected chi connectivity index (χ2v) is 6.59. The molecule has 1 aliphatic carbocycles. The Balaban J connectivity index is 1.59. The molecule has 1 aromatic heterocycles. The number of amides is 1. The summed E-state index contributed by atoms with van der Waals surface area (Å²) in [5.74, 6) is 2.45. The fraction of sp³-hybridized carbons (Fsp3) is 0.600. The van der Waals surface area contributed by atoms with Crippen LogP contribution in [0.3, 0.4) is 0 Å². The maximum absolute atomic E-state index is 11.5. The number of nitrogens with one attached hydrogen (secondary N) is 4. The maximum Gasteiger partial charge on any atom is 0.223 e. The molecule has 0 bridgehead atoms. The van der Waals surface area contributed by atoms with Crippen LogP contribution in [0.25, 0.3) is 0 Å². The van der Waals surface area contributed by atoms with Gasteiger partial charge in [-0.2, -0.15) is 17.0 Å². The number of aliphatic imine (C=N–C) groups is 1. The van der Waals surface area contributed by atoms with Crippen LogP contribution in [0.4, 0.5) is 0 Å². The van der Waals surface area contributed by atoms with Gasteiger partial charge in [-0.15, -0.1) is 0 Å². The Hall–Kier alpha value is -2.21. The van der Waals surface area contributed by atoms with Gasteiger partial charge in [-0.3, -0.25) is 15.1 Å². The van der Waals surface area contributed by atoms with Crippen LogP contribution in [-0.4, -0.2) is 47.2 Å². The van der Waals surface area contributed by atoms with Crippen LogP contribution in [0.5, 0.6) is 0 Å². The Morgan fingerprint density at radius 3 is 2.96 bits per heavy atom. The molecule has 4 N–H and O–H groups in total. The Labute approximate surface area is 145 Å². The summed E-state index contributed by atoms with van der Waals surface area (Å²) in [5.41, 5.74) is 2.15. The van der Waals surface area contributed by atoms with E-state index in [9.17, 15) is 4.79 Å². The number of guanidine groups is 1. The third-order valence-electron chi connectivity index (χ3n) is 3.52. The number of carbonyl (C=O) groups excluding carboxylic acids is 1. The van der Waals surface area contributed by atoms with E-state index in [0.717, 1.165) is 35.7 Å². The summed E-state index contributed by atoms with van der Waals surface area (Å²) in [6.45, 7) is 3.65. The topological polar surface area (TPSA) is 118 Å². The minimum Gasteiger partial charge on any atom is -0.354 e. The molecule has 2 rings (SSSR count). The van der Waals surface area contributed by atoms with Crippen molar-refractivity contribution < 1.29 is 4.79 Å². The highest BCUT2D eigenvalue weighted by Gasteiger charge is 2.28. The van der Waals surface area contributed by atoms with Crippen molar-refractivity contribution in [2.24, 2.45) is 10.9 Å². The summed E-state index contributed by atoms with van der Waals surface area (Å²) in [7, 11) is 0. The fourth-order valence-corrected chi connectivity index (χ4v) is 2.82. The predicted molar refractivity (Wildman–Crippen MR) is 94.3 cm³/mol. The maximum atomic E-state index is 11.5. The zero-order valence-electron chi connectivity index (χ0n) is 13.8. The first-order valence-corrected chi connectivity index (χ1v) is 9.14. The average Bonchev–Trinajstić information content (AvgIpc) is 3.34. The van der Waals surface area contributed by atoms with Crippen LogP contribution in [0.2, 0.25) is 0 Å². The van der Waals surface area contributed by atoms with Crippen LogP contribution in [0.1, 0.15) is 24.2 Å². The van der Waals surface area contributed by atoms with E-state index in [4.69, 9.17) is 5.26 Å². The van der Waals surface area contributed by atoms with Gasteiger partial charge in [0.25, 0.3) is 0 Å². The number of nitrogens with zero attached hydrogens (tertiary/aromatic N) is 3. The molecule has 0 atom stereocenters. The lowest BCUT2D eigenvalue weighted by molar-refractivity contribution is -0.122. The predicted octanol–water partition coefficient (Wildman–Crippen LogP) is 0.494. The lowest BCUT2D eigenvalue weighted by Gasteiger charge is -2.09. The van der Waals surface area contributed by atoms with Gasteiger partial charge < -0.3 is 15.6 Å². The van der Waals surface area contributed by atoms with Crippen molar-refractivity contribution in [1.29, 1.82) is 5.26 Å². The third kappa shape index (κ3) is 6.50. The van der Waals surface area contributed by atoms with E-state index < -0.39 is 0 Å². The number of carbonyl (C=O) groups is 1. The zero-order chi connectivity index (χ0) is 17.2. The van der Waals surface area contributed by atoms with E-state index in [1.807, 2.05) is 13.1 Å². The second kappa shape index (κ2) is 9.82. The van der Waals surface area contributed by atoms with Gasteiger partial charge in [-0.1, -0.05) is 0 Å². The highest BCUT2D eigenvalue weighted by Crippen LogP contribution is 2.28. The molecule has 1 amide bonds. The van der Waals surface area contributed by atoms with Crippen LogP contribution in [-0.2, 0) is 10.5 Å². The third-order valence-corrected chi connectivity index (χ3v) is 4.47. The summed E-state index contributed by atoms with van der Waals surface area (Å²) >= 11 is 1.74. The van der Waals surface area contributed by atoms with E-state index in [1.165, 1.54) is 0 Å². The summed E-state index contributed by atoms with van der Waals surface area (Å²) in [6.07, 6.45) is 5.56. The number of aryl methyl sites for hydroxylation is 1. The Kier molecular flexibility index (Phi) is 7.42. The van der Waals surface area contributed by atoms with E-state index in [0.29, 0.717) is 25.6 Å². The SMILES string of the molecule is Cc1[nH]cnc1CSCCN=C(NC#N)NCCNC(=O)C1CC1. The molecule has 1 heterocycles. The van der Waals surface area contributed by atoms with Gasteiger partial charge in [-0.05, 0) is 19.8 Å². The first-order chi connectivity index (χ1) is 11.7. The smallest absolute Gasteiger partial charge is 0.223 e. The van der Waals surface area contributed by atoms with Crippen molar-refractivity contribution in [3.8, 4) is 6.19 Å². The number of rotatable bonds is 9. The molecule has 8 nitrogen and oxygen atoms in total. The summed E-state index contributed by atoms with van der Waals surface area (Å²) in [4.78, 5) is 23.1. The first kappa shape index (κ1) is 18.1. The standard InChI is InChI=1S/C15H23N7OS/c1-11-13(22-10-21-11)8-24-7-6-19-15(20-9-16)18-5-4-17-14(23)12-2-3-12/h10,12H,2-8H2,1H3,(H,17,23)(H,21,22)(H2,18,19,20). The van der Waals surface area contributed by atoms with Crippen LogP contribution >= 0.6 is 11.8 Å². The summed E-state index contributed by atoms with van der Waals surface area (Å²) < 4.78 is 0. The molecule has 1 aliphatic rings.